The molecule has 0 radical (unpaired) electrons. The highest BCUT2D eigenvalue weighted by Gasteiger charge is 2.49. The minimum absolute atomic E-state index is 0.0649. The van der Waals surface area contributed by atoms with Crippen LogP contribution in [0.2, 0.25) is 0 Å². The second-order valence-corrected chi connectivity index (χ2v) is 9.08. The van der Waals surface area contributed by atoms with Gasteiger partial charge in [0.15, 0.2) is 0 Å². The first-order valence-electron chi connectivity index (χ1n) is 8.34. The predicted octanol–water partition coefficient (Wildman–Crippen LogP) is 5.22. The Hall–Kier alpha value is -1.10. The molecule has 1 aliphatic heterocycles. The Morgan fingerprint density at radius 2 is 1.61 bits per heavy atom. The van der Waals surface area contributed by atoms with Crippen molar-refractivity contribution in [3.8, 4) is 0 Å². The number of nitro groups is 1. The van der Waals surface area contributed by atoms with E-state index in [9.17, 15) is 10.1 Å². The fourth-order valence-corrected chi connectivity index (χ4v) is 6.21. The molecular formula is C18H25BrN2O2. The van der Waals surface area contributed by atoms with Crippen LogP contribution in [0.5, 0.6) is 0 Å². The standard InChI is InChI=1S/C18H25BrN2O2/c1-11-15(21(22)23)13-12(17(2,3)10-18(13,4)5)14(19)16(11)20-8-6-7-9-20/h6-10H2,1-5H3. The van der Waals surface area contributed by atoms with E-state index < -0.39 is 0 Å². The van der Waals surface area contributed by atoms with Gasteiger partial charge in [-0.1, -0.05) is 27.7 Å². The molecule has 3 rings (SSSR count). The molecular weight excluding hydrogens is 356 g/mol. The number of nitro benzene ring substituents is 1. The molecule has 23 heavy (non-hydrogen) atoms. The number of hydrogen-bond donors (Lipinski definition) is 0. The number of rotatable bonds is 2. The molecule has 0 unspecified atom stereocenters. The van der Waals surface area contributed by atoms with Crippen LogP contribution in [0.1, 0.15) is 63.6 Å². The van der Waals surface area contributed by atoms with Crippen molar-refractivity contribution in [1.82, 2.24) is 0 Å². The first-order valence-corrected chi connectivity index (χ1v) is 9.13. The van der Waals surface area contributed by atoms with E-state index in [0.717, 1.165) is 59.2 Å². The monoisotopic (exact) mass is 380 g/mol. The molecule has 0 spiro atoms. The smallest absolute Gasteiger partial charge is 0.278 e. The number of hydrogen-bond acceptors (Lipinski definition) is 3. The molecule has 1 saturated heterocycles. The van der Waals surface area contributed by atoms with Gasteiger partial charge in [0.2, 0.25) is 0 Å². The van der Waals surface area contributed by atoms with E-state index in [0.29, 0.717) is 5.69 Å². The SMILES string of the molecule is Cc1c(N2CCCC2)c(Br)c2c(c1[N+](=O)[O-])C(C)(C)CC2(C)C. The normalized spacial score (nSPS) is 21.6. The summed E-state index contributed by atoms with van der Waals surface area (Å²) in [7, 11) is 0. The Balaban J connectivity index is 2.40. The predicted molar refractivity (Wildman–Crippen MR) is 97.6 cm³/mol. The average Bonchev–Trinajstić information content (AvgIpc) is 2.94. The zero-order chi connectivity index (χ0) is 17.2. The van der Waals surface area contributed by atoms with Gasteiger partial charge in [0.25, 0.3) is 5.69 Å². The van der Waals surface area contributed by atoms with Crippen LogP contribution in [-0.2, 0) is 10.8 Å². The van der Waals surface area contributed by atoms with E-state index in [1.54, 1.807) is 0 Å². The highest BCUT2D eigenvalue weighted by molar-refractivity contribution is 9.10. The van der Waals surface area contributed by atoms with E-state index in [1.165, 1.54) is 0 Å². The molecule has 0 bridgehead atoms. The first-order chi connectivity index (χ1) is 10.6. The molecule has 1 aromatic rings. The largest absolute Gasteiger partial charge is 0.370 e. The number of nitrogens with zero attached hydrogens (tertiary/aromatic N) is 2. The maximum absolute atomic E-state index is 11.9. The highest BCUT2D eigenvalue weighted by atomic mass is 79.9. The fraction of sp³-hybridized carbons (Fsp3) is 0.667. The summed E-state index contributed by atoms with van der Waals surface area (Å²) < 4.78 is 1.08. The van der Waals surface area contributed by atoms with E-state index in [4.69, 9.17) is 0 Å². The van der Waals surface area contributed by atoms with Gasteiger partial charge in [0, 0.05) is 23.1 Å². The molecule has 1 aliphatic carbocycles. The van der Waals surface area contributed by atoms with Crippen molar-refractivity contribution in [2.24, 2.45) is 0 Å². The van der Waals surface area contributed by atoms with Crippen LogP contribution in [-0.4, -0.2) is 18.0 Å². The van der Waals surface area contributed by atoms with Crippen LogP contribution in [0.3, 0.4) is 0 Å². The van der Waals surface area contributed by atoms with Crippen molar-refractivity contribution in [2.45, 2.75) is 64.7 Å². The molecule has 126 valence electrons. The lowest BCUT2D eigenvalue weighted by atomic mass is 9.81. The number of benzene rings is 1. The van der Waals surface area contributed by atoms with Gasteiger partial charge in [-0.05, 0) is 58.5 Å². The molecule has 0 N–H and O–H groups in total. The quantitative estimate of drug-likeness (QED) is 0.521. The van der Waals surface area contributed by atoms with Crippen molar-refractivity contribution in [1.29, 1.82) is 0 Å². The third kappa shape index (κ3) is 2.39. The summed E-state index contributed by atoms with van der Waals surface area (Å²) in [5, 5.41) is 11.9. The Labute approximate surface area is 146 Å². The zero-order valence-electron chi connectivity index (χ0n) is 14.6. The summed E-state index contributed by atoms with van der Waals surface area (Å²) in [5.41, 5.74) is 4.01. The van der Waals surface area contributed by atoms with Crippen LogP contribution in [0, 0.1) is 17.0 Å². The number of halogens is 1. The molecule has 0 amide bonds. The van der Waals surface area contributed by atoms with Crippen LogP contribution in [0.25, 0.3) is 0 Å². The Kier molecular flexibility index (Phi) is 3.79. The lowest BCUT2D eigenvalue weighted by molar-refractivity contribution is -0.386. The van der Waals surface area contributed by atoms with Crippen molar-refractivity contribution in [2.75, 3.05) is 18.0 Å². The van der Waals surface area contributed by atoms with Gasteiger partial charge in [-0.25, -0.2) is 0 Å². The Morgan fingerprint density at radius 3 is 2.13 bits per heavy atom. The summed E-state index contributed by atoms with van der Waals surface area (Å²) >= 11 is 3.84. The molecule has 2 aliphatic rings. The lowest BCUT2D eigenvalue weighted by Crippen LogP contribution is -2.22. The van der Waals surface area contributed by atoms with Crippen molar-refractivity contribution in [3.63, 3.8) is 0 Å². The van der Waals surface area contributed by atoms with Gasteiger partial charge in [0.1, 0.15) is 0 Å². The molecule has 1 aromatic carbocycles. The van der Waals surface area contributed by atoms with Crippen LogP contribution < -0.4 is 4.90 Å². The minimum Gasteiger partial charge on any atom is -0.370 e. The molecule has 5 heteroatoms. The second-order valence-electron chi connectivity index (χ2n) is 8.28. The third-order valence-corrected chi connectivity index (χ3v) is 6.24. The van der Waals surface area contributed by atoms with E-state index in [2.05, 4.69) is 48.5 Å². The summed E-state index contributed by atoms with van der Waals surface area (Å²) in [4.78, 5) is 14.1. The van der Waals surface area contributed by atoms with Crippen LogP contribution in [0.4, 0.5) is 11.4 Å². The molecule has 1 heterocycles. The van der Waals surface area contributed by atoms with Crippen molar-refractivity contribution < 1.29 is 4.92 Å². The summed E-state index contributed by atoms with van der Waals surface area (Å²) in [5.74, 6) is 0. The van der Waals surface area contributed by atoms with Gasteiger partial charge in [-0.15, -0.1) is 0 Å². The lowest BCUT2D eigenvalue weighted by Gasteiger charge is -2.27. The second kappa shape index (κ2) is 5.20. The van der Waals surface area contributed by atoms with E-state index in [1.807, 2.05) is 6.92 Å². The van der Waals surface area contributed by atoms with Crippen LogP contribution in [0.15, 0.2) is 4.47 Å². The summed E-state index contributed by atoms with van der Waals surface area (Å²) in [6.07, 6.45) is 3.25. The van der Waals surface area contributed by atoms with Crippen molar-refractivity contribution >= 4 is 27.3 Å². The maximum Gasteiger partial charge on any atom is 0.278 e. The van der Waals surface area contributed by atoms with Gasteiger partial charge in [0.05, 0.1) is 16.2 Å². The van der Waals surface area contributed by atoms with E-state index >= 15 is 0 Å². The molecule has 1 fully saturated rings. The fourth-order valence-electron chi connectivity index (χ4n) is 4.93. The summed E-state index contributed by atoms with van der Waals surface area (Å²) in [6.45, 7) is 12.6. The molecule has 0 atom stereocenters. The van der Waals surface area contributed by atoms with Gasteiger partial charge in [-0.2, -0.15) is 0 Å². The van der Waals surface area contributed by atoms with Gasteiger partial charge < -0.3 is 4.90 Å². The number of anilines is 1. The van der Waals surface area contributed by atoms with Crippen molar-refractivity contribution in [3.05, 3.63) is 31.3 Å². The maximum atomic E-state index is 11.9. The Bertz CT molecular complexity index is 689. The first kappa shape index (κ1) is 16.7. The molecule has 0 saturated carbocycles. The highest BCUT2D eigenvalue weighted by Crippen LogP contribution is 2.58. The topological polar surface area (TPSA) is 46.4 Å². The van der Waals surface area contributed by atoms with Gasteiger partial charge >= 0.3 is 0 Å². The minimum atomic E-state index is -0.182. The number of fused-ring (bicyclic) bond motifs is 1. The van der Waals surface area contributed by atoms with Crippen LogP contribution >= 0.6 is 15.9 Å². The Morgan fingerprint density at radius 1 is 1.09 bits per heavy atom. The molecule has 0 aromatic heterocycles. The average molecular weight is 381 g/mol. The van der Waals surface area contributed by atoms with Gasteiger partial charge in [-0.3, -0.25) is 10.1 Å². The molecule has 4 nitrogen and oxygen atoms in total. The third-order valence-electron chi connectivity index (χ3n) is 5.47. The summed E-state index contributed by atoms with van der Waals surface area (Å²) in [6, 6.07) is 0. The zero-order valence-corrected chi connectivity index (χ0v) is 16.2. The van der Waals surface area contributed by atoms with E-state index in [-0.39, 0.29) is 15.8 Å².